The second kappa shape index (κ2) is 5.43. The van der Waals surface area contributed by atoms with Gasteiger partial charge < -0.3 is 9.80 Å². The molecule has 1 heterocycles. The summed E-state index contributed by atoms with van der Waals surface area (Å²) in [5.41, 5.74) is 3.37. The second-order valence-electron chi connectivity index (χ2n) is 9.35. The third-order valence-electron chi connectivity index (χ3n) is 4.20. The van der Waals surface area contributed by atoms with E-state index in [1.54, 1.807) is 0 Å². The minimum atomic E-state index is 0.292. The number of fused-ring (bicyclic) bond motifs is 2. The van der Waals surface area contributed by atoms with Crippen molar-refractivity contribution in [2.75, 3.05) is 29.6 Å². The highest BCUT2D eigenvalue weighted by atomic mass is 15.4. The van der Waals surface area contributed by atoms with Gasteiger partial charge in [0.15, 0.2) is 0 Å². The van der Waals surface area contributed by atoms with Crippen LogP contribution in [-0.2, 0) is 0 Å². The Morgan fingerprint density at radius 1 is 0.739 bits per heavy atom. The Morgan fingerprint density at radius 2 is 1.13 bits per heavy atom. The Bertz CT molecular complexity index is 643. The molecular formula is C21H30N2. The van der Waals surface area contributed by atoms with Gasteiger partial charge in [-0.25, -0.2) is 0 Å². The third kappa shape index (κ3) is 3.63. The topological polar surface area (TPSA) is 6.48 Å². The van der Waals surface area contributed by atoms with E-state index in [1.165, 1.54) is 22.1 Å². The average Bonchev–Trinajstić information content (AvgIpc) is 2.70. The van der Waals surface area contributed by atoms with Crippen LogP contribution in [0, 0.1) is 10.8 Å². The molecule has 0 bridgehead atoms. The zero-order valence-corrected chi connectivity index (χ0v) is 15.5. The molecule has 0 aromatic heterocycles. The van der Waals surface area contributed by atoms with Crippen molar-refractivity contribution >= 4 is 22.1 Å². The molecule has 124 valence electrons. The van der Waals surface area contributed by atoms with E-state index in [9.17, 15) is 0 Å². The van der Waals surface area contributed by atoms with Gasteiger partial charge in [-0.15, -0.1) is 0 Å². The van der Waals surface area contributed by atoms with Gasteiger partial charge in [0.1, 0.15) is 0 Å². The van der Waals surface area contributed by atoms with Crippen molar-refractivity contribution in [2.24, 2.45) is 10.8 Å². The smallest absolute Gasteiger partial charge is 0.0904 e. The summed E-state index contributed by atoms with van der Waals surface area (Å²) in [5.74, 6) is 0. The quantitative estimate of drug-likeness (QED) is 0.721. The molecule has 2 aromatic carbocycles. The summed E-state index contributed by atoms with van der Waals surface area (Å²) in [5, 5.41) is 2.67. The van der Waals surface area contributed by atoms with Crippen molar-refractivity contribution in [1.82, 2.24) is 0 Å². The van der Waals surface area contributed by atoms with Gasteiger partial charge in [0, 0.05) is 13.1 Å². The lowest BCUT2D eigenvalue weighted by atomic mass is 9.96. The highest BCUT2D eigenvalue weighted by molar-refractivity contribution is 5.94. The van der Waals surface area contributed by atoms with Gasteiger partial charge in [0.2, 0.25) is 0 Å². The molecule has 1 aliphatic heterocycles. The molecule has 2 aromatic rings. The van der Waals surface area contributed by atoms with Crippen molar-refractivity contribution in [3.8, 4) is 0 Å². The van der Waals surface area contributed by atoms with Crippen LogP contribution in [0.4, 0.5) is 11.4 Å². The van der Waals surface area contributed by atoms with Crippen LogP contribution in [-0.4, -0.2) is 19.8 Å². The lowest BCUT2D eigenvalue weighted by Crippen LogP contribution is -2.39. The van der Waals surface area contributed by atoms with Crippen molar-refractivity contribution in [2.45, 2.75) is 41.5 Å². The van der Waals surface area contributed by atoms with Crippen LogP contribution in [0.3, 0.4) is 0 Å². The number of anilines is 2. The van der Waals surface area contributed by atoms with Crippen molar-refractivity contribution in [3.63, 3.8) is 0 Å². The maximum absolute atomic E-state index is 2.55. The first-order chi connectivity index (χ1) is 10.6. The summed E-state index contributed by atoms with van der Waals surface area (Å²) in [6, 6.07) is 13.4. The molecule has 0 radical (unpaired) electrons. The molecule has 0 saturated carbocycles. The fourth-order valence-corrected chi connectivity index (χ4v) is 3.50. The minimum Gasteiger partial charge on any atom is -0.352 e. The molecular weight excluding hydrogens is 280 g/mol. The Balaban J connectivity index is 2.05. The average molecular weight is 310 g/mol. The largest absolute Gasteiger partial charge is 0.352 e. The number of benzene rings is 2. The summed E-state index contributed by atoms with van der Waals surface area (Å²) in [7, 11) is 0. The van der Waals surface area contributed by atoms with E-state index in [0.29, 0.717) is 10.8 Å². The highest BCUT2D eigenvalue weighted by Gasteiger charge is 2.31. The van der Waals surface area contributed by atoms with Crippen molar-refractivity contribution in [3.05, 3.63) is 36.4 Å². The van der Waals surface area contributed by atoms with Crippen molar-refractivity contribution < 1.29 is 0 Å². The molecule has 0 fully saturated rings. The third-order valence-corrected chi connectivity index (χ3v) is 4.20. The number of hydrogen-bond acceptors (Lipinski definition) is 2. The molecule has 0 saturated heterocycles. The number of hydrogen-bond donors (Lipinski definition) is 0. The summed E-state index contributed by atoms with van der Waals surface area (Å²) in [6.45, 7) is 17.1. The standard InChI is InChI=1S/C21H30N2/c1-20(2,3)13-22-15-23(14-21(4,5)6)19-12-17-10-8-7-9-16(17)11-18(19)22/h7-12H,13-15H2,1-6H3. The molecule has 0 aliphatic carbocycles. The van der Waals surface area contributed by atoms with Gasteiger partial charge in [-0.05, 0) is 33.7 Å². The van der Waals surface area contributed by atoms with E-state index in [1.807, 2.05) is 0 Å². The first kappa shape index (κ1) is 16.2. The molecule has 0 N–H and O–H groups in total. The summed E-state index contributed by atoms with van der Waals surface area (Å²) in [4.78, 5) is 5.10. The molecule has 3 rings (SSSR count). The molecule has 0 atom stereocenters. The Kier molecular flexibility index (Phi) is 3.82. The van der Waals surface area contributed by atoms with E-state index in [-0.39, 0.29) is 0 Å². The summed E-state index contributed by atoms with van der Waals surface area (Å²) >= 11 is 0. The predicted molar refractivity (Wildman–Crippen MR) is 102 cm³/mol. The van der Waals surface area contributed by atoms with E-state index < -0.39 is 0 Å². The maximum atomic E-state index is 2.55. The molecule has 0 spiro atoms. The number of rotatable bonds is 2. The first-order valence-corrected chi connectivity index (χ1v) is 8.65. The molecule has 23 heavy (non-hydrogen) atoms. The Morgan fingerprint density at radius 3 is 1.48 bits per heavy atom. The van der Waals surface area contributed by atoms with Crippen molar-refractivity contribution in [1.29, 1.82) is 0 Å². The maximum Gasteiger partial charge on any atom is 0.0904 e. The SMILES string of the molecule is CC(C)(C)CN1CN(CC(C)(C)C)c2cc3ccccc3cc21. The van der Waals surface area contributed by atoms with Crippen LogP contribution >= 0.6 is 0 Å². The Labute approximate surface area is 141 Å². The van der Waals surface area contributed by atoms with Gasteiger partial charge >= 0.3 is 0 Å². The van der Waals surface area contributed by atoms with Gasteiger partial charge in [0.25, 0.3) is 0 Å². The monoisotopic (exact) mass is 310 g/mol. The van der Waals surface area contributed by atoms with Gasteiger partial charge in [0.05, 0.1) is 18.0 Å². The lowest BCUT2D eigenvalue weighted by molar-refractivity contribution is 0.394. The van der Waals surface area contributed by atoms with E-state index in [0.717, 1.165) is 19.8 Å². The Hall–Kier alpha value is -1.70. The lowest BCUT2D eigenvalue weighted by Gasteiger charge is -2.31. The molecule has 2 nitrogen and oxygen atoms in total. The van der Waals surface area contributed by atoms with Gasteiger partial charge in [-0.2, -0.15) is 0 Å². The summed E-state index contributed by atoms with van der Waals surface area (Å²) in [6.07, 6.45) is 0. The molecule has 2 heteroatoms. The molecule has 0 unspecified atom stereocenters. The highest BCUT2D eigenvalue weighted by Crippen LogP contribution is 2.41. The van der Waals surface area contributed by atoms with Crippen LogP contribution in [0.2, 0.25) is 0 Å². The zero-order chi connectivity index (χ0) is 16.8. The molecule has 0 amide bonds. The van der Waals surface area contributed by atoms with Gasteiger partial charge in [-0.1, -0.05) is 65.8 Å². The van der Waals surface area contributed by atoms with Gasteiger partial charge in [-0.3, -0.25) is 0 Å². The van der Waals surface area contributed by atoms with E-state index in [4.69, 9.17) is 0 Å². The van der Waals surface area contributed by atoms with E-state index >= 15 is 0 Å². The van der Waals surface area contributed by atoms with Crippen LogP contribution < -0.4 is 9.80 Å². The zero-order valence-electron chi connectivity index (χ0n) is 15.5. The number of nitrogens with zero attached hydrogens (tertiary/aromatic N) is 2. The normalized spacial score (nSPS) is 15.4. The van der Waals surface area contributed by atoms with Crippen LogP contribution in [0.1, 0.15) is 41.5 Å². The predicted octanol–water partition coefficient (Wildman–Crippen LogP) is 5.52. The fraction of sp³-hybridized carbons (Fsp3) is 0.524. The minimum absolute atomic E-state index is 0.292. The fourth-order valence-electron chi connectivity index (χ4n) is 3.50. The van der Waals surface area contributed by atoms with Crippen LogP contribution in [0.5, 0.6) is 0 Å². The molecule has 1 aliphatic rings. The second-order valence-corrected chi connectivity index (χ2v) is 9.35. The van der Waals surface area contributed by atoms with Crippen LogP contribution in [0.25, 0.3) is 10.8 Å². The first-order valence-electron chi connectivity index (χ1n) is 8.65. The summed E-state index contributed by atoms with van der Waals surface area (Å²) < 4.78 is 0. The van der Waals surface area contributed by atoms with E-state index in [2.05, 4.69) is 87.7 Å². The van der Waals surface area contributed by atoms with Crippen LogP contribution in [0.15, 0.2) is 36.4 Å².